The molecule has 4 aromatic rings. The van der Waals surface area contributed by atoms with Crippen LogP contribution in [0.2, 0.25) is 0 Å². The number of aryl methyl sites for hydroxylation is 1. The van der Waals surface area contributed by atoms with E-state index in [-0.39, 0.29) is 0 Å². The molecule has 0 radical (unpaired) electrons. The van der Waals surface area contributed by atoms with Gasteiger partial charge in [-0.15, -0.1) is 0 Å². The van der Waals surface area contributed by atoms with Crippen LogP contribution in [-0.4, -0.2) is 52.5 Å². The standard InChI is InChI=1S/C24H25N5/c1-18-3-5-20(6-4-18)23-15-26-24-16-25-22(17-29(23)24)19-7-9-21(10-8-19)28-13-11-27(2)12-14-28/h3-10,15-17H,11-14H2,1-2H3. The second-order valence-electron chi connectivity index (χ2n) is 7.85. The molecule has 146 valence electrons. The highest BCUT2D eigenvalue weighted by Gasteiger charge is 2.14. The summed E-state index contributed by atoms with van der Waals surface area (Å²) < 4.78 is 2.13. The summed E-state index contributed by atoms with van der Waals surface area (Å²) in [5, 5.41) is 0. The van der Waals surface area contributed by atoms with Gasteiger partial charge in [0.15, 0.2) is 5.65 Å². The van der Waals surface area contributed by atoms with E-state index in [1.165, 1.54) is 11.3 Å². The summed E-state index contributed by atoms with van der Waals surface area (Å²) in [5.74, 6) is 0. The molecule has 29 heavy (non-hydrogen) atoms. The number of piperazine rings is 1. The highest BCUT2D eigenvalue weighted by Crippen LogP contribution is 2.26. The highest BCUT2D eigenvalue weighted by molar-refractivity contribution is 5.67. The van der Waals surface area contributed by atoms with Crippen molar-refractivity contribution >= 4 is 11.3 Å². The Balaban J connectivity index is 1.46. The molecular weight excluding hydrogens is 358 g/mol. The summed E-state index contributed by atoms with van der Waals surface area (Å²) in [6.07, 6.45) is 5.85. The van der Waals surface area contributed by atoms with Crippen LogP contribution < -0.4 is 4.90 Å². The van der Waals surface area contributed by atoms with E-state index in [1.54, 1.807) is 0 Å². The lowest BCUT2D eigenvalue weighted by Crippen LogP contribution is -2.44. The van der Waals surface area contributed by atoms with Gasteiger partial charge < -0.3 is 9.80 Å². The topological polar surface area (TPSA) is 36.7 Å². The minimum Gasteiger partial charge on any atom is -0.369 e. The molecule has 1 aliphatic heterocycles. The molecule has 2 aromatic heterocycles. The molecular formula is C24H25N5. The van der Waals surface area contributed by atoms with Crippen LogP contribution in [0.3, 0.4) is 0 Å². The van der Waals surface area contributed by atoms with Crippen molar-refractivity contribution in [2.24, 2.45) is 0 Å². The molecule has 0 unspecified atom stereocenters. The van der Waals surface area contributed by atoms with Crippen molar-refractivity contribution in [3.8, 4) is 22.5 Å². The number of rotatable bonds is 3. The van der Waals surface area contributed by atoms with Crippen molar-refractivity contribution in [1.29, 1.82) is 0 Å². The van der Waals surface area contributed by atoms with Crippen LogP contribution in [0.15, 0.2) is 67.1 Å². The number of anilines is 1. The summed E-state index contributed by atoms with van der Waals surface area (Å²) in [6.45, 7) is 6.49. The molecule has 1 saturated heterocycles. The number of nitrogens with zero attached hydrogens (tertiary/aromatic N) is 5. The number of likely N-dealkylation sites (N-methyl/N-ethyl adjacent to an activating group) is 1. The first-order chi connectivity index (χ1) is 14.2. The maximum absolute atomic E-state index is 4.65. The third-order valence-electron chi connectivity index (χ3n) is 5.77. The summed E-state index contributed by atoms with van der Waals surface area (Å²) in [4.78, 5) is 14.0. The average Bonchev–Trinajstić information content (AvgIpc) is 3.18. The molecule has 0 N–H and O–H groups in total. The zero-order chi connectivity index (χ0) is 19.8. The highest BCUT2D eigenvalue weighted by atomic mass is 15.2. The van der Waals surface area contributed by atoms with Crippen LogP contribution in [0, 0.1) is 6.92 Å². The van der Waals surface area contributed by atoms with E-state index >= 15 is 0 Å². The first-order valence-corrected chi connectivity index (χ1v) is 10.1. The monoisotopic (exact) mass is 383 g/mol. The zero-order valence-corrected chi connectivity index (χ0v) is 16.9. The van der Waals surface area contributed by atoms with Crippen molar-refractivity contribution < 1.29 is 0 Å². The van der Waals surface area contributed by atoms with Gasteiger partial charge in [-0.3, -0.25) is 9.38 Å². The zero-order valence-electron chi connectivity index (χ0n) is 16.9. The molecule has 2 aromatic carbocycles. The van der Waals surface area contributed by atoms with E-state index < -0.39 is 0 Å². The van der Waals surface area contributed by atoms with Gasteiger partial charge in [0.2, 0.25) is 0 Å². The van der Waals surface area contributed by atoms with Gasteiger partial charge in [0, 0.05) is 49.2 Å². The van der Waals surface area contributed by atoms with Crippen LogP contribution in [0.4, 0.5) is 5.69 Å². The Bertz CT molecular complexity index is 1120. The lowest BCUT2D eigenvalue weighted by atomic mass is 10.1. The third kappa shape index (κ3) is 3.49. The quantitative estimate of drug-likeness (QED) is 0.533. The van der Waals surface area contributed by atoms with Crippen LogP contribution >= 0.6 is 0 Å². The molecule has 0 saturated carbocycles. The Kier molecular flexibility index (Phi) is 4.52. The maximum Gasteiger partial charge on any atom is 0.155 e. The minimum atomic E-state index is 0.860. The van der Waals surface area contributed by atoms with E-state index in [2.05, 4.69) is 92.9 Å². The number of fused-ring (bicyclic) bond motifs is 1. The van der Waals surface area contributed by atoms with Gasteiger partial charge in [0.25, 0.3) is 0 Å². The normalized spacial score (nSPS) is 15.2. The van der Waals surface area contributed by atoms with Crippen LogP contribution in [0.1, 0.15) is 5.56 Å². The molecule has 5 heteroatoms. The molecule has 0 amide bonds. The Morgan fingerprint density at radius 2 is 1.45 bits per heavy atom. The van der Waals surface area contributed by atoms with Gasteiger partial charge in [0.1, 0.15) is 0 Å². The fraction of sp³-hybridized carbons (Fsp3) is 0.250. The number of hydrogen-bond donors (Lipinski definition) is 0. The smallest absolute Gasteiger partial charge is 0.155 e. The Labute approximate surface area is 171 Å². The maximum atomic E-state index is 4.65. The van der Waals surface area contributed by atoms with Gasteiger partial charge >= 0.3 is 0 Å². The van der Waals surface area contributed by atoms with Crippen LogP contribution in [-0.2, 0) is 0 Å². The third-order valence-corrected chi connectivity index (χ3v) is 5.77. The van der Waals surface area contributed by atoms with E-state index in [0.717, 1.165) is 54.3 Å². The molecule has 1 fully saturated rings. The first kappa shape index (κ1) is 17.9. The lowest BCUT2D eigenvalue weighted by Gasteiger charge is -2.34. The largest absolute Gasteiger partial charge is 0.369 e. The molecule has 0 aliphatic carbocycles. The molecule has 0 spiro atoms. The van der Waals surface area contributed by atoms with Gasteiger partial charge in [-0.05, 0) is 26.1 Å². The summed E-state index contributed by atoms with van der Waals surface area (Å²) >= 11 is 0. The van der Waals surface area contributed by atoms with Gasteiger partial charge in [0.05, 0.1) is 23.8 Å². The van der Waals surface area contributed by atoms with Gasteiger partial charge in [-0.25, -0.2) is 4.98 Å². The number of hydrogen-bond acceptors (Lipinski definition) is 4. The van der Waals surface area contributed by atoms with Gasteiger partial charge in [-0.1, -0.05) is 42.0 Å². The fourth-order valence-corrected chi connectivity index (χ4v) is 3.88. The minimum absolute atomic E-state index is 0.860. The predicted molar refractivity (Wildman–Crippen MR) is 118 cm³/mol. The number of imidazole rings is 1. The molecule has 0 atom stereocenters. The van der Waals surface area contributed by atoms with E-state index in [4.69, 9.17) is 0 Å². The Morgan fingerprint density at radius 3 is 2.17 bits per heavy atom. The number of aromatic nitrogens is 3. The van der Waals surface area contributed by atoms with E-state index in [1.807, 2.05) is 12.4 Å². The molecule has 3 heterocycles. The van der Waals surface area contributed by atoms with Crippen molar-refractivity contribution in [2.75, 3.05) is 38.1 Å². The molecule has 5 nitrogen and oxygen atoms in total. The van der Waals surface area contributed by atoms with E-state index in [0.29, 0.717) is 0 Å². The predicted octanol–water partition coefficient (Wildman–Crippen LogP) is 4.12. The van der Waals surface area contributed by atoms with Crippen molar-refractivity contribution in [3.05, 3.63) is 72.7 Å². The van der Waals surface area contributed by atoms with Crippen LogP contribution in [0.25, 0.3) is 28.2 Å². The summed E-state index contributed by atoms with van der Waals surface area (Å²) in [6, 6.07) is 17.3. The van der Waals surface area contributed by atoms with Crippen molar-refractivity contribution in [1.82, 2.24) is 19.3 Å². The summed E-state index contributed by atoms with van der Waals surface area (Å²) in [5.41, 5.74) is 7.71. The molecule has 1 aliphatic rings. The second kappa shape index (κ2) is 7.33. The van der Waals surface area contributed by atoms with Crippen molar-refractivity contribution in [3.63, 3.8) is 0 Å². The second-order valence-corrected chi connectivity index (χ2v) is 7.85. The average molecular weight is 383 g/mol. The molecule has 5 rings (SSSR count). The Hall–Kier alpha value is -3.18. The SMILES string of the molecule is Cc1ccc(-c2cnc3cnc(-c4ccc(N5CCN(C)CC5)cc4)cn23)cc1. The summed E-state index contributed by atoms with van der Waals surface area (Å²) in [7, 11) is 2.18. The molecule has 0 bridgehead atoms. The lowest BCUT2D eigenvalue weighted by molar-refractivity contribution is 0.313. The van der Waals surface area contributed by atoms with Gasteiger partial charge in [-0.2, -0.15) is 0 Å². The number of benzene rings is 2. The Morgan fingerprint density at radius 1 is 0.759 bits per heavy atom. The van der Waals surface area contributed by atoms with E-state index in [9.17, 15) is 0 Å². The fourth-order valence-electron chi connectivity index (χ4n) is 3.88. The van der Waals surface area contributed by atoms with Crippen LogP contribution in [0.5, 0.6) is 0 Å². The van der Waals surface area contributed by atoms with Crippen molar-refractivity contribution in [2.45, 2.75) is 6.92 Å². The first-order valence-electron chi connectivity index (χ1n) is 10.1.